The highest BCUT2D eigenvalue weighted by molar-refractivity contribution is 6.06. The van der Waals surface area contributed by atoms with E-state index in [0.717, 1.165) is 23.4 Å². The van der Waals surface area contributed by atoms with Crippen LogP contribution in [0.25, 0.3) is 0 Å². The van der Waals surface area contributed by atoms with E-state index in [1.54, 1.807) is 18.2 Å². The van der Waals surface area contributed by atoms with Crippen LogP contribution < -0.4 is 5.32 Å². The Kier molecular flexibility index (Phi) is 4.24. The molecular weight excluding hydrogens is 308 g/mol. The van der Waals surface area contributed by atoms with Gasteiger partial charge in [0.25, 0.3) is 5.91 Å². The average Bonchev–Trinajstić information content (AvgIpc) is 3.17. The SMILES string of the molecule is CCn1cc(C2=NO[C@@H](C(=O)Nc3cc(C)ccc3O)C2)c(C)n1. The number of hydrogen-bond acceptors (Lipinski definition) is 5. The molecule has 2 aromatic rings. The summed E-state index contributed by atoms with van der Waals surface area (Å²) < 4.78 is 1.82. The molecule has 0 saturated carbocycles. The quantitative estimate of drug-likeness (QED) is 0.843. The highest BCUT2D eigenvalue weighted by atomic mass is 16.6. The summed E-state index contributed by atoms with van der Waals surface area (Å²) in [6.45, 7) is 6.57. The van der Waals surface area contributed by atoms with Crippen molar-refractivity contribution in [1.82, 2.24) is 9.78 Å². The normalized spacial score (nSPS) is 16.6. The maximum absolute atomic E-state index is 12.4. The van der Waals surface area contributed by atoms with Gasteiger partial charge in [-0.05, 0) is 38.5 Å². The fourth-order valence-electron chi connectivity index (χ4n) is 2.60. The molecule has 0 aliphatic carbocycles. The molecule has 1 amide bonds. The zero-order valence-corrected chi connectivity index (χ0v) is 13.9. The summed E-state index contributed by atoms with van der Waals surface area (Å²) >= 11 is 0. The van der Waals surface area contributed by atoms with Gasteiger partial charge >= 0.3 is 0 Å². The fourth-order valence-corrected chi connectivity index (χ4v) is 2.60. The zero-order chi connectivity index (χ0) is 17.3. The first-order valence-electron chi connectivity index (χ1n) is 7.85. The lowest BCUT2D eigenvalue weighted by Gasteiger charge is -2.11. The monoisotopic (exact) mass is 328 g/mol. The lowest BCUT2D eigenvalue weighted by molar-refractivity contribution is -0.125. The van der Waals surface area contributed by atoms with Gasteiger partial charge < -0.3 is 15.3 Å². The van der Waals surface area contributed by atoms with E-state index >= 15 is 0 Å². The van der Waals surface area contributed by atoms with E-state index in [9.17, 15) is 9.90 Å². The molecule has 7 nitrogen and oxygen atoms in total. The maximum atomic E-state index is 12.4. The number of carbonyl (C=O) groups is 1. The van der Waals surface area contributed by atoms with Gasteiger partial charge in [0.15, 0.2) is 0 Å². The number of benzene rings is 1. The molecule has 2 heterocycles. The maximum Gasteiger partial charge on any atom is 0.268 e. The molecule has 1 aliphatic rings. The first-order chi connectivity index (χ1) is 11.5. The largest absolute Gasteiger partial charge is 0.506 e. The minimum atomic E-state index is -0.718. The van der Waals surface area contributed by atoms with Crippen molar-refractivity contribution in [3.8, 4) is 5.75 Å². The van der Waals surface area contributed by atoms with Gasteiger partial charge in [-0.25, -0.2) is 0 Å². The van der Waals surface area contributed by atoms with Crippen LogP contribution in [0.3, 0.4) is 0 Å². The Hall–Kier alpha value is -2.83. The van der Waals surface area contributed by atoms with Gasteiger partial charge in [0.2, 0.25) is 6.10 Å². The van der Waals surface area contributed by atoms with Crippen LogP contribution in [0, 0.1) is 13.8 Å². The Balaban J connectivity index is 1.69. The van der Waals surface area contributed by atoms with Crippen LogP contribution >= 0.6 is 0 Å². The van der Waals surface area contributed by atoms with Crippen LogP contribution in [0.2, 0.25) is 0 Å². The summed E-state index contributed by atoms with van der Waals surface area (Å²) in [7, 11) is 0. The van der Waals surface area contributed by atoms with E-state index in [-0.39, 0.29) is 11.7 Å². The lowest BCUT2D eigenvalue weighted by atomic mass is 10.1. The van der Waals surface area contributed by atoms with Gasteiger partial charge in [0.05, 0.1) is 17.1 Å². The van der Waals surface area contributed by atoms with Gasteiger partial charge in [-0.3, -0.25) is 9.48 Å². The van der Waals surface area contributed by atoms with Gasteiger partial charge in [0, 0.05) is 24.7 Å². The number of phenolic OH excluding ortho intramolecular Hbond substituents is 1. The number of aromatic hydroxyl groups is 1. The molecule has 126 valence electrons. The van der Waals surface area contributed by atoms with Crippen molar-refractivity contribution in [1.29, 1.82) is 0 Å². The third kappa shape index (κ3) is 3.10. The van der Waals surface area contributed by atoms with Crippen molar-refractivity contribution in [3.63, 3.8) is 0 Å². The highest BCUT2D eigenvalue weighted by Gasteiger charge is 2.30. The Morgan fingerprint density at radius 3 is 2.96 bits per heavy atom. The zero-order valence-electron chi connectivity index (χ0n) is 13.9. The molecule has 2 N–H and O–H groups in total. The van der Waals surface area contributed by atoms with Crippen LogP contribution in [0.4, 0.5) is 5.69 Å². The summed E-state index contributed by atoms with van der Waals surface area (Å²) in [5.74, 6) is -0.316. The number of aromatic nitrogens is 2. The number of oxime groups is 1. The van der Waals surface area contributed by atoms with Gasteiger partial charge in [0.1, 0.15) is 5.75 Å². The fraction of sp³-hybridized carbons (Fsp3) is 0.353. The molecule has 0 fully saturated rings. The van der Waals surface area contributed by atoms with E-state index in [4.69, 9.17) is 4.84 Å². The molecule has 0 saturated heterocycles. The van der Waals surface area contributed by atoms with Gasteiger partial charge in [-0.2, -0.15) is 5.10 Å². The number of nitrogens with one attached hydrogen (secondary N) is 1. The molecule has 0 radical (unpaired) electrons. The summed E-state index contributed by atoms with van der Waals surface area (Å²) in [4.78, 5) is 17.6. The molecule has 24 heavy (non-hydrogen) atoms. The van der Waals surface area contributed by atoms with E-state index in [1.165, 1.54) is 0 Å². The van der Waals surface area contributed by atoms with Crippen LogP contribution in [0.5, 0.6) is 5.75 Å². The first kappa shape index (κ1) is 16.0. The number of rotatable bonds is 4. The number of amides is 1. The standard InChI is InChI=1S/C17H20N4O3/c1-4-21-9-12(11(3)19-21)13-8-16(24-20-13)17(23)18-14-7-10(2)5-6-15(14)22/h5-7,9,16,22H,4,8H2,1-3H3,(H,18,23)/t16-/m1/s1. The van der Waals surface area contributed by atoms with Crippen molar-refractivity contribution < 1.29 is 14.7 Å². The molecule has 1 aromatic carbocycles. The molecule has 1 atom stereocenters. The van der Waals surface area contributed by atoms with Crippen molar-refractivity contribution in [2.45, 2.75) is 39.8 Å². The minimum Gasteiger partial charge on any atom is -0.506 e. The molecular formula is C17H20N4O3. The molecule has 7 heteroatoms. The average molecular weight is 328 g/mol. The Bertz CT molecular complexity index is 810. The second kappa shape index (κ2) is 6.35. The Labute approximate surface area is 139 Å². The second-order valence-electron chi connectivity index (χ2n) is 5.83. The highest BCUT2D eigenvalue weighted by Crippen LogP contribution is 2.26. The van der Waals surface area contributed by atoms with E-state index in [2.05, 4.69) is 15.6 Å². The second-order valence-corrected chi connectivity index (χ2v) is 5.83. The minimum absolute atomic E-state index is 0.0214. The number of aryl methyl sites for hydroxylation is 3. The van der Waals surface area contributed by atoms with Crippen molar-refractivity contribution in [2.24, 2.45) is 5.16 Å². The van der Waals surface area contributed by atoms with Crippen LogP contribution in [-0.4, -0.2) is 32.6 Å². The topological polar surface area (TPSA) is 88.7 Å². The molecule has 0 spiro atoms. The van der Waals surface area contributed by atoms with Crippen molar-refractivity contribution in [3.05, 3.63) is 41.2 Å². The lowest BCUT2D eigenvalue weighted by Crippen LogP contribution is -2.28. The van der Waals surface area contributed by atoms with E-state index < -0.39 is 6.10 Å². The first-order valence-corrected chi connectivity index (χ1v) is 7.85. The van der Waals surface area contributed by atoms with Gasteiger partial charge in [-0.1, -0.05) is 11.2 Å². The predicted molar refractivity (Wildman–Crippen MR) is 90.1 cm³/mol. The van der Waals surface area contributed by atoms with E-state index in [0.29, 0.717) is 17.8 Å². The molecule has 1 aromatic heterocycles. The van der Waals surface area contributed by atoms with Crippen LogP contribution in [-0.2, 0) is 16.2 Å². The predicted octanol–water partition coefficient (Wildman–Crippen LogP) is 2.36. The Morgan fingerprint density at radius 2 is 2.25 bits per heavy atom. The summed E-state index contributed by atoms with van der Waals surface area (Å²) in [5.41, 5.74) is 3.77. The number of phenols is 1. The van der Waals surface area contributed by atoms with Crippen LogP contribution in [0.15, 0.2) is 29.6 Å². The van der Waals surface area contributed by atoms with Crippen LogP contribution in [0.1, 0.15) is 30.2 Å². The number of hydrogen-bond donors (Lipinski definition) is 2. The van der Waals surface area contributed by atoms with Crippen molar-refractivity contribution >= 4 is 17.3 Å². The van der Waals surface area contributed by atoms with E-state index in [1.807, 2.05) is 31.6 Å². The van der Waals surface area contributed by atoms with Gasteiger partial charge in [-0.15, -0.1) is 0 Å². The molecule has 3 rings (SSSR count). The number of carbonyl (C=O) groups excluding carboxylic acids is 1. The number of anilines is 1. The summed E-state index contributed by atoms with van der Waals surface area (Å²) in [6.07, 6.45) is 1.56. The molecule has 0 bridgehead atoms. The smallest absolute Gasteiger partial charge is 0.268 e. The Morgan fingerprint density at radius 1 is 1.46 bits per heavy atom. The third-order valence-electron chi connectivity index (χ3n) is 3.95. The summed E-state index contributed by atoms with van der Waals surface area (Å²) in [5, 5.41) is 20.9. The van der Waals surface area contributed by atoms with Crippen molar-refractivity contribution in [2.75, 3.05) is 5.32 Å². The number of nitrogens with zero attached hydrogens (tertiary/aromatic N) is 3. The molecule has 1 aliphatic heterocycles. The third-order valence-corrected chi connectivity index (χ3v) is 3.95. The summed E-state index contributed by atoms with van der Waals surface area (Å²) in [6, 6.07) is 5.02. The molecule has 0 unspecified atom stereocenters.